The highest BCUT2D eigenvalue weighted by molar-refractivity contribution is 6.04. The Bertz CT molecular complexity index is 1260. The number of aromatic amines is 1. The molecule has 1 aromatic heterocycles. The molecule has 158 valence electrons. The van der Waals surface area contributed by atoms with E-state index in [0.717, 1.165) is 5.56 Å². The van der Waals surface area contributed by atoms with Crippen molar-refractivity contribution in [2.45, 2.75) is 18.9 Å². The monoisotopic (exact) mass is 420 g/mol. The van der Waals surface area contributed by atoms with Crippen LogP contribution in [0.3, 0.4) is 0 Å². The second kappa shape index (κ2) is 8.31. The number of amides is 2. The zero-order valence-electron chi connectivity index (χ0n) is 16.7. The molecule has 9 heteroatoms. The molecule has 0 saturated heterocycles. The largest absolute Gasteiger partial charge is 0.497 e. The van der Waals surface area contributed by atoms with Crippen molar-refractivity contribution in [3.63, 3.8) is 0 Å². The molecule has 1 atom stereocenters. The Morgan fingerprint density at radius 3 is 2.65 bits per heavy atom. The molecule has 2 aromatic carbocycles. The van der Waals surface area contributed by atoms with Gasteiger partial charge in [-0.1, -0.05) is 36.4 Å². The van der Waals surface area contributed by atoms with E-state index in [9.17, 15) is 19.2 Å². The third-order valence-corrected chi connectivity index (χ3v) is 5.07. The van der Waals surface area contributed by atoms with Gasteiger partial charge in [0.25, 0.3) is 5.56 Å². The first-order chi connectivity index (χ1) is 15.0. The summed E-state index contributed by atoms with van der Waals surface area (Å²) in [5, 5.41) is 5.32. The highest BCUT2D eigenvalue weighted by Crippen LogP contribution is 2.30. The van der Waals surface area contributed by atoms with E-state index in [-0.39, 0.29) is 24.3 Å². The summed E-state index contributed by atoms with van der Waals surface area (Å²) < 4.78 is 6.41. The summed E-state index contributed by atoms with van der Waals surface area (Å²) in [5.41, 5.74) is -0.0469. The van der Waals surface area contributed by atoms with Gasteiger partial charge in [-0.25, -0.2) is 4.79 Å². The quantitative estimate of drug-likeness (QED) is 0.579. The minimum absolute atomic E-state index is 0.0413. The number of hydrogen-bond acceptors (Lipinski definition) is 5. The van der Waals surface area contributed by atoms with Gasteiger partial charge >= 0.3 is 5.69 Å². The molecule has 3 N–H and O–H groups in total. The highest BCUT2D eigenvalue weighted by Gasteiger charge is 2.35. The lowest BCUT2D eigenvalue weighted by molar-refractivity contribution is -0.123. The number of fused-ring (bicyclic) bond motifs is 1. The smallest absolute Gasteiger partial charge is 0.330 e. The van der Waals surface area contributed by atoms with Crippen molar-refractivity contribution in [2.75, 3.05) is 17.7 Å². The van der Waals surface area contributed by atoms with Gasteiger partial charge in [-0.3, -0.25) is 23.9 Å². The maximum Gasteiger partial charge on any atom is 0.330 e. The second-order valence-electron chi connectivity index (χ2n) is 7.12. The van der Waals surface area contributed by atoms with E-state index >= 15 is 0 Å². The molecule has 0 unspecified atom stereocenters. The lowest BCUT2D eigenvalue weighted by Gasteiger charge is -2.26. The van der Waals surface area contributed by atoms with E-state index in [0.29, 0.717) is 11.4 Å². The van der Waals surface area contributed by atoms with Gasteiger partial charge in [-0.2, -0.15) is 0 Å². The van der Waals surface area contributed by atoms with E-state index < -0.39 is 29.0 Å². The molecule has 0 spiro atoms. The number of ether oxygens (including phenoxy) is 1. The number of carbonyl (C=O) groups excluding carboxylic acids is 2. The number of H-pyrrole nitrogens is 1. The average Bonchev–Trinajstić information content (AvgIpc) is 2.76. The van der Waals surface area contributed by atoms with Crippen LogP contribution in [0.15, 0.2) is 64.2 Å². The summed E-state index contributed by atoms with van der Waals surface area (Å²) in [5.74, 6) is -1.44. The van der Waals surface area contributed by atoms with Gasteiger partial charge in [0, 0.05) is 18.2 Å². The number of nitrogens with one attached hydrogen (secondary N) is 3. The molecular formula is C22H20N4O5. The molecule has 0 bridgehead atoms. The maximum absolute atomic E-state index is 13.0. The first-order valence-corrected chi connectivity index (χ1v) is 9.62. The fraction of sp³-hybridized carbons (Fsp3) is 0.182. The van der Waals surface area contributed by atoms with Crippen LogP contribution < -0.4 is 26.6 Å². The number of methoxy groups -OCH3 is 1. The van der Waals surface area contributed by atoms with Gasteiger partial charge in [0.05, 0.1) is 25.1 Å². The molecule has 0 aliphatic carbocycles. The fourth-order valence-electron chi connectivity index (χ4n) is 3.59. The summed E-state index contributed by atoms with van der Waals surface area (Å²) in [6, 6.07) is 15.9. The van der Waals surface area contributed by atoms with Crippen LogP contribution in [-0.4, -0.2) is 28.5 Å². The predicted molar refractivity (Wildman–Crippen MR) is 114 cm³/mol. The molecule has 0 fully saturated rings. The molecular weight excluding hydrogens is 400 g/mol. The Hall–Kier alpha value is -4.14. The van der Waals surface area contributed by atoms with E-state index in [1.807, 2.05) is 30.3 Å². The number of hydrogen-bond donors (Lipinski definition) is 3. The van der Waals surface area contributed by atoms with Crippen LogP contribution in [0.5, 0.6) is 5.75 Å². The second-order valence-corrected chi connectivity index (χ2v) is 7.12. The molecule has 1 aliphatic rings. The van der Waals surface area contributed by atoms with Crippen LogP contribution in [0.4, 0.5) is 11.5 Å². The Morgan fingerprint density at radius 2 is 1.90 bits per heavy atom. The minimum Gasteiger partial charge on any atom is -0.497 e. The number of carbonyl (C=O) groups is 2. The third-order valence-electron chi connectivity index (χ3n) is 5.07. The fourth-order valence-corrected chi connectivity index (χ4v) is 3.59. The van der Waals surface area contributed by atoms with Crippen LogP contribution in [0, 0.1) is 0 Å². The molecule has 2 heterocycles. The standard InChI is InChI=1S/C22H20N4O5/c1-31-15-9-5-8-14(10-15)23-20(28)16-11-17(27)24-19-18(16)21(29)25-22(30)26(19)12-13-6-3-2-4-7-13/h2-10,16H,11-12H2,1H3,(H,23,28)(H,24,27)(H,25,29,30)/t16-/m1/s1. The maximum atomic E-state index is 13.0. The normalized spacial score (nSPS) is 15.0. The molecule has 1 aliphatic heterocycles. The van der Waals surface area contributed by atoms with E-state index in [2.05, 4.69) is 15.6 Å². The van der Waals surface area contributed by atoms with E-state index in [4.69, 9.17) is 4.74 Å². The van der Waals surface area contributed by atoms with Crippen molar-refractivity contribution in [3.8, 4) is 5.75 Å². The Morgan fingerprint density at radius 1 is 1.13 bits per heavy atom. The van der Waals surface area contributed by atoms with Gasteiger partial charge in [-0.15, -0.1) is 0 Å². The topological polar surface area (TPSA) is 122 Å². The average molecular weight is 420 g/mol. The SMILES string of the molecule is COc1cccc(NC(=O)[C@@H]2CC(=O)Nc3c2c(=O)[nH]c(=O)n3Cc2ccccc2)c1. The highest BCUT2D eigenvalue weighted by atomic mass is 16.5. The van der Waals surface area contributed by atoms with Crippen LogP contribution in [0.2, 0.25) is 0 Å². The van der Waals surface area contributed by atoms with Crippen LogP contribution >= 0.6 is 0 Å². The lowest BCUT2D eigenvalue weighted by Crippen LogP contribution is -2.42. The van der Waals surface area contributed by atoms with Crippen molar-refractivity contribution in [1.29, 1.82) is 0 Å². The minimum atomic E-state index is -1.05. The summed E-state index contributed by atoms with van der Waals surface area (Å²) in [6.07, 6.45) is -0.213. The zero-order valence-corrected chi connectivity index (χ0v) is 16.7. The summed E-state index contributed by atoms with van der Waals surface area (Å²) >= 11 is 0. The van der Waals surface area contributed by atoms with Gasteiger partial charge in [-0.05, 0) is 17.7 Å². The Kier molecular flexibility index (Phi) is 5.40. The summed E-state index contributed by atoms with van der Waals surface area (Å²) in [4.78, 5) is 52.8. The molecule has 0 saturated carbocycles. The molecule has 9 nitrogen and oxygen atoms in total. The number of benzene rings is 2. The lowest BCUT2D eigenvalue weighted by atomic mass is 9.92. The van der Waals surface area contributed by atoms with Gasteiger partial charge in [0.15, 0.2) is 0 Å². The van der Waals surface area contributed by atoms with Crippen molar-refractivity contribution in [1.82, 2.24) is 9.55 Å². The molecule has 4 rings (SSSR count). The Labute approximate surface area is 176 Å². The van der Waals surface area contributed by atoms with E-state index in [1.54, 1.807) is 24.3 Å². The first-order valence-electron chi connectivity index (χ1n) is 9.62. The molecule has 31 heavy (non-hydrogen) atoms. The first kappa shape index (κ1) is 20.1. The van der Waals surface area contributed by atoms with Gasteiger partial charge in [0.1, 0.15) is 11.6 Å². The molecule has 2 amide bonds. The summed E-state index contributed by atoms with van der Waals surface area (Å²) in [6.45, 7) is 0.128. The molecule has 0 radical (unpaired) electrons. The van der Waals surface area contributed by atoms with Gasteiger partial charge in [0.2, 0.25) is 11.8 Å². The number of rotatable bonds is 5. The van der Waals surface area contributed by atoms with Crippen molar-refractivity contribution < 1.29 is 14.3 Å². The van der Waals surface area contributed by atoms with Crippen molar-refractivity contribution in [2.24, 2.45) is 0 Å². The number of anilines is 2. The van der Waals surface area contributed by atoms with Crippen LogP contribution in [-0.2, 0) is 16.1 Å². The third kappa shape index (κ3) is 4.11. The van der Waals surface area contributed by atoms with Crippen molar-refractivity contribution >= 4 is 23.3 Å². The number of aromatic nitrogens is 2. The predicted octanol–water partition coefficient (Wildman–Crippen LogP) is 1.66. The number of nitrogens with zero attached hydrogens (tertiary/aromatic N) is 1. The molecule has 3 aromatic rings. The van der Waals surface area contributed by atoms with Crippen LogP contribution in [0.25, 0.3) is 0 Å². The summed E-state index contributed by atoms with van der Waals surface area (Å²) in [7, 11) is 1.51. The Balaban J connectivity index is 1.74. The zero-order chi connectivity index (χ0) is 22.0. The van der Waals surface area contributed by atoms with Crippen LogP contribution in [0.1, 0.15) is 23.5 Å². The van der Waals surface area contributed by atoms with Gasteiger partial charge < -0.3 is 15.4 Å². The van der Waals surface area contributed by atoms with Crippen molar-refractivity contribution in [3.05, 3.63) is 86.6 Å². The van der Waals surface area contributed by atoms with E-state index in [1.165, 1.54) is 11.7 Å².